The molecule has 8 heteroatoms. The van der Waals surface area contributed by atoms with Crippen LogP contribution in [0.5, 0.6) is 5.75 Å². The number of hydrogen-bond acceptors (Lipinski definition) is 6. The molecule has 0 saturated carbocycles. The molecule has 90 valence electrons. The number of phenols is 1. The molecule has 1 saturated heterocycles. The van der Waals surface area contributed by atoms with Gasteiger partial charge in [0, 0.05) is 17.7 Å². The monoisotopic (exact) mass is 239 g/mol. The molecule has 0 spiro atoms. The van der Waals surface area contributed by atoms with Crippen molar-refractivity contribution in [2.45, 2.75) is 6.17 Å². The number of aromatic hydroxyl groups is 1. The number of nitrogens with one attached hydrogen (secondary N) is 1. The second-order valence-electron chi connectivity index (χ2n) is 3.52. The molecule has 1 aromatic rings. The number of non-ortho nitro benzene ring substituents is 1. The standard InChI is InChI=1S/C9H9N3O5/c13-7-2-1-5(12(16)17)3-6(7)9-10-4-8(14)11(9)15/h1-3,9-10,13,15H,4H2/t9-/m0/s1. The Balaban J connectivity index is 2.41. The van der Waals surface area contributed by atoms with E-state index in [0.29, 0.717) is 5.06 Å². The van der Waals surface area contributed by atoms with Crippen molar-refractivity contribution in [3.63, 3.8) is 0 Å². The van der Waals surface area contributed by atoms with Crippen LogP contribution in [0.15, 0.2) is 18.2 Å². The summed E-state index contributed by atoms with van der Waals surface area (Å²) in [5, 5.41) is 32.6. The summed E-state index contributed by atoms with van der Waals surface area (Å²) in [5.41, 5.74) is -0.153. The number of hydroxylamine groups is 2. The van der Waals surface area contributed by atoms with Gasteiger partial charge in [0.25, 0.3) is 11.6 Å². The molecule has 1 aliphatic rings. The average molecular weight is 239 g/mol. The van der Waals surface area contributed by atoms with Gasteiger partial charge in [-0.1, -0.05) is 0 Å². The summed E-state index contributed by atoms with van der Waals surface area (Å²) in [5.74, 6) is -0.803. The minimum absolute atomic E-state index is 0.0764. The van der Waals surface area contributed by atoms with Crippen molar-refractivity contribution in [3.05, 3.63) is 33.9 Å². The SMILES string of the molecule is O=C1CN[C@H](c2cc([N+](=O)[O-])ccc2O)N1O. The van der Waals surface area contributed by atoms with Crippen molar-refractivity contribution < 1.29 is 20.0 Å². The first kappa shape index (κ1) is 11.3. The maximum absolute atomic E-state index is 11.1. The van der Waals surface area contributed by atoms with Crippen molar-refractivity contribution in [1.82, 2.24) is 10.4 Å². The summed E-state index contributed by atoms with van der Waals surface area (Å²) >= 11 is 0. The van der Waals surface area contributed by atoms with Crippen LogP contribution in [0.1, 0.15) is 11.7 Å². The van der Waals surface area contributed by atoms with Crippen molar-refractivity contribution in [1.29, 1.82) is 0 Å². The molecular weight excluding hydrogens is 230 g/mol. The number of carbonyl (C=O) groups is 1. The van der Waals surface area contributed by atoms with Crippen molar-refractivity contribution >= 4 is 11.6 Å². The second-order valence-corrected chi connectivity index (χ2v) is 3.52. The van der Waals surface area contributed by atoms with Gasteiger partial charge in [-0.15, -0.1) is 0 Å². The lowest BCUT2D eigenvalue weighted by atomic mass is 10.1. The van der Waals surface area contributed by atoms with Crippen LogP contribution < -0.4 is 5.32 Å². The van der Waals surface area contributed by atoms with Crippen molar-refractivity contribution in [3.8, 4) is 5.75 Å². The van der Waals surface area contributed by atoms with E-state index in [0.717, 1.165) is 18.2 Å². The summed E-state index contributed by atoms with van der Waals surface area (Å²) in [4.78, 5) is 21.0. The molecule has 17 heavy (non-hydrogen) atoms. The average Bonchev–Trinajstić information content (AvgIpc) is 2.60. The molecule has 8 nitrogen and oxygen atoms in total. The lowest BCUT2D eigenvalue weighted by Gasteiger charge is -2.18. The molecule has 0 radical (unpaired) electrons. The number of nitrogens with zero attached hydrogens (tertiary/aromatic N) is 2. The zero-order valence-corrected chi connectivity index (χ0v) is 8.53. The molecule has 2 rings (SSSR count). The Labute approximate surface area is 95.2 Å². The van der Waals surface area contributed by atoms with Crippen LogP contribution in [0, 0.1) is 10.1 Å². The van der Waals surface area contributed by atoms with Gasteiger partial charge in [-0.3, -0.25) is 25.4 Å². The third kappa shape index (κ3) is 1.90. The van der Waals surface area contributed by atoms with Crippen molar-refractivity contribution in [2.75, 3.05) is 6.54 Å². The number of hydrogen-bond donors (Lipinski definition) is 3. The Hall–Kier alpha value is -2.19. The number of rotatable bonds is 2. The highest BCUT2D eigenvalue weighted by molar-refractivity contribution is 5.79. The van der Waals surface area contributed by atoms with E-state index in [-0.39, 0.29) is 23.5 Å². The third-order valence-electron chi connectivity index (χ3n) is 2.46. The predicted molar refractivity (Wildman–Crippen MR) is 54.1 cm³/mol. The molecule has 1 heterocycles. The number of carbonyl (C=O) groups excluding carboxylic acids is 1. The Morgan fingerprint density at radius 3 is 2.76 bits per heavy atom. The minimum Gasteiger partial charge on any atom is -0.508 e. The first-order valence-corrected chi connectivity index (χ1v) is 4.72. The van der Waals surface area contributed by atoms with E-state index in [4.69, 9.17) is 0 Å². The summed E-state index contributed by atoms with van der Waals surface area (Å²) in [6.45, 7) is -0.0939. The predicted octanol–water partition coefficient (Wildman–Crippen LogP) is 0.120. The smallest absolute Gasteiger partial charge is 0.270 e. The van der Waals surface area contributed by atoms with Crippen LogP contribution in [0.3, 0.4) is 0 Å². The molecule has 3 N–H and O–H groups in total. The molecular formula is C9H9N3O5. The normalized spacial score (nSPS) is 19.7. The summed E-state index contributed by atoms with van der Waals surface area (Å²) in [6.07, 6.45) is -0.970. The fourth-order valence-electron chi connectivity index (χ4n) is 1.61. The molecule has 1 aliphatic heterocycles. The molecule has 1 atom stereocenters. The fourth-order valence-corrected chi connectivity index (χ4v) is 1.61. The molecule has 1 aromatic carbocycles. The zero-order valence-electron chi connectivity index (χ0n) is 8.53. The van der Waals surface area contributed by atoms with Crippen LogP contribution in [0.2, 0.25) is 0 Å². The number of phenolic OH excluding ortho intramolecular Hbond substituents is 1. The Bertz CT molecular complexity index is 490. The van der Waals surface area contributed by atoms with E-state index in [2.05, 4.69) is 5.32 Å². The molecule has 0 aliphatic carbocycles. The molecule has 1 amide bonds. The van der Waals surface area contributed by atoms with Crippen LogP contribution >= 0.6 is 0 Å². The van der Waals surface area contributed by atoms with Crippen LogP contribution in [-0.2, 0) is 4.79 Å². The topological polar surface area (TPSA) is 116 Å². The van der Waals surface area contributed by atoms with Crippen molar-refractivity contribution in [2.24, 2.45) is 0 Å². The minimum atomic E-state index is -0.970. The Morgan fingerprint density at radius 2 is 2.24 bits per heavy atom. The van der Waals surface area contributed by atoms with E-state index >= 15 is 0 Å². The van der Waals surface area contributed by atoms with E-state index in [1.54, 1.807) is 0 Å². The number of nitro groups is 1. The number of amides is 1. The summed E-state index contributed by atoms with van der Waals surface area (Å²) in [6, 6.07) is 3.39. The van der Waals surface area contributed by atoms with Gasteiger partial charge >= 0.3 is 0 Å². The van der Waals surface area contributed by atoms with Crippen LogP contribution in [0.4, 0.5) is 5.69 Å². The highest BCUT2D eigenvalue weighted by atomic mass is 16.6. The quantitative estimate of drug-likeness (QED) is 0.383. The highest BCUT2D eigenvalue weighted by Gasteiger charge is 2.33. The molecule has 0 bridgehead atoms. The lowest BCUT2D eigenvalue weighted by molar-refractivity contribution is -0.385. The van der Waals surface area contributed by atoms with Crippen LogP contribution in [0.25, 0.3) is 0 Å². The highest BCUT2D eigenvalue weighted by Crippen LogP contribution is 2.31. The van der Waals surface area contributed by atoms with E-state index < -0.39 is 17.0 Å². The van der Waals surface area contributed by atoms with Gasteiger partial charge < -0.3 is 5.11 Å². The van der Waals surface area contributed by atoms with Crippen LogP contribution in [-0.4, -0.2) is 32.8 Å². The molecule has 0 unspecified atom stereocenters. The number of nitro benzene ring substituents is 1. The van der Waals surface area contributed by atoms with E-state index in [1.807, 2.05) is 0 Å². The zero-order chi connectivity index (χ0) is 12.6. The Kier molecular flexibility index (Phi) is 2.66. The Morgan fingerprint density at radius 1 is 1.53 bits per heavy atom. The molecule has 1 fully saturated rings. The van der Waals surface area contributed by atoms with Gasteiger partial charge in [-0.25, -0.2) is 5.06 Å². The first-order chi connectivity index (χ1) is 8.00. The molecule has 0 aromatic heterocycles. The second kappa shape index (κ2) is 4.00. The van der Waals surface area contributed by atoms with Gasteiger partial charge in [-0.2, -0.15) is 0 Å². The van der Waals surface area contributed by atoms with E-state index in [9.17, 15) is 25.2 Å². The maximum atomic E-state index is 11.1. The number of benzene rings is 1. The van der Waals surface area contributed by atoms with E-state index in [1.165, 1.54) is 0 Å². The summed E-state index contributed by atoms with van der Waals surface area (Å²) < 4.78 is 0. The lowest BCUT2D eigenvalue weighted by Crippen LogP contribution is -2.26. The van der Waals surface area contributed by atoms with Gasteiger partial charge in [0.1, 0.15) is 11.9 Å². The summed E-state index contributed by atoms with van der Waals surface area (Å²) in [7, 11) is 0. The third-order valence-corrected chi connectivity index (χ3v) is 2.46. The van der Waals surface area contributed by atoms with Gasteiger partial charge in [0.05, 0.1) is 11.5 Å². The first-order valence-electron chi connectivity index (χ1n) is 4.72. The fraction of sp³-hybridized carbons (Fsp3) is 0.222. The largest absolute Gasteiger partial charge is 0.508 e. The van der Waals surface area contributed by atoms with Gasteiger partial charge in [-0.05, 0) is 6.07 Å². The van der Waals surface area contributed by atoms with Gasteiger partial charge in [0.15, 0.2) is 0 Å². The maximum Gasteiger partial charge on any atom is 0.270 e. The van der Waals surface area contributed by atoms with Gasteiger partial charge in [0.2, 0.25) is 0 Å².